The molecule has 0 aliphatic rings. The molecular weight excluding hydrogens is 196 g/mol. The molecule has 1 N–H and O–H groups in total. The van der Waals surface area contributed by atoms with Crippen molar-refractivity contribution in [1.82, 2.24) is 4.90 Å². The van der Waals surface area contributed by atoms with Gasteiger partial charge in [-0.2, -0.15) is 0 Å². The monoisotopic (exact) mass is 208 g/mol. The van der Waals surface area contributed by atoms with Crippen LogP contribution >= 0.6 is 0 Å². The van der Waals surface area contributed by atoms with Crippen LogP contribution in [0.3, 0.4) is 0 Å². The summed E-state index contributed by atoms with van der Waals surface area (Å²) in [6.07, 6.45) is 2.98. The van der Waals surface area contributed by atoms with E-state index in [1.807, 2.05) is 0 Å². The first-order valence-electron chi connectivity index (χ1n) is 4.33. The molecule has 1 rings (SSSR count). The van der Waals surface area contributed by atoms with E-state index >= 15 is 0 Å². The van der Waals surface area contributed by atoms with E-state index in [1.54, 1.807) is 25.3 Å². The molecule has 0 saturated heterocycles. The highest BCUT2D eigenvalue weighted by Gasteiger charge is 2.20. The third-order valence-corrected chi connectivity index (χ3v) is 1.81. The molecule has 1 aromatic heterocycles. The first-order chi connectivity index (χ1) is 7.20. The lowest BCUT2D eigenvalue weighted by Crippen LogP contribution is -2.33. The molecule has 15 heavy (non-hydrogen) atoms. The zero-order valence-corrected chi connectivity index (χ0v) is 8.38. The summed E-state index contributed by atoms with van der Waals surface area (Å²) in [5, 5.41) is 11.7. The Hall–Kier alpha value is -2.04. The van der Waals surface area contributed by atoms with Gasteiger partial charge in [0.2, 0.25) is 5.71 Å². The molecule has 1 amide bonds. The Morgan fingerprint density at radius 1 is 1.80 bits per heavy atom. The third-order valence-electron chi connectivity index (χ3n) is 1.81. The predicted octanol–water partition coefficient (Wildman–Crippen LogP) is 1.10. The van der Waals surface area contributed by atoms with E-state index in [1.165, 1.54) is 11.2 Å². The maximum atomic E-state index is 11.7. The first-order valence-corrected chi connectivity index (χ1v) is 4.33. The molecule has 5 heteroatoms. The summed E-state index contributed by atoms with van der Waals surface area (Å²) < 4.78 is 4.97. The topological polar surface area (TPSA) is 66.0 Å². The van der Waals surface area contributed by atoms with Gasteiger partial charge in [0.25, 0.3) is 5.91 Å². The fourth-order valence-electron chi connectivity index (χ4n) is 1.07. The lowest BCUT2D eigenvalue weighted by atomic mass is 10.2. The molecule has 0 spiro atoms. The Kier molecular flexibility index (Phi) is 3.68. The smallest absolute Gasteiger partial charge is 0.279 e. The van der Waals surface area contributed by atoms with Gasteiger partial charge in [-0.1, -0.05) is 11.2 Å². The molecule has 0 unspecified atom stereocenters. The van der Waals surface area contributed by atoms with Crippen molar-refractivity contribution in [2.24, 2.45) is 5.16 Å². The van der Waals surface area contributed by atoms with Crippen LogP contribution in [0.1, 0.15) is 5.76 Å². The number of furan rings is 1. The highest BCUT2D eigenvalue weighted by atomic mass is 16.4. The molecular formula is C10H12N2O3. The molecule has 0 aliphatic heterocycles. The number of carbonyl (C=O) groups is 1. The summed E-state index contributed by atoms with van der Waals surface area (Å²) in [7, 11) is 1.58. The van der Waals surface area contributed by atoms with Crippen molar-refractivity contribution in [1.29, 1.82) is 0 Å². The Morgan fingerprint density at radius 2 is 2.53 bits per heavy atom. The van der Waals surface area contributed by atoms with Gasteiger partial charge in [-0.05, 0) is 12.1 Å². The van der Waals surface area contributed by atoms with Crippen LogP contribution in [0.2, 0.25) is 0 Å². The summed E-state index contributed by atoms with van der Waals surface area (Å²) in [5.41, 5.74) is -0.121. The lowest BCUT2D eigenvalue weighted by Gasteiger charge is -2.13. The van der Waals surface area contributed by atoms with Crippen LogP contribution in [-0.2, 0) is 4.79 Å². The van der Waals surface area contributed by atoms with Crippen molar-refractivity contribution >= 4 is 11.6 Å². The molecule has 0 fully saturated rings. The highest BCUT2D eigenvalue weighted by Crippen LogP contribution is 2.04. The number of oxime groups is 1. The number of likely N-dealkylation sites (N-methyl/N-ethyl adjacent to an activating group) is 1. The maximum absolute atomic E-state index is 11.7. The summed E-state index contributed by atoms with van der Waals surface area (Å²) in [6, 6.07) is 3.16. The second kappa shape index (κ2) is 4.99. The summed E-state index contributed by atoms with van der Waals surface area (Å²) in [6.45, 7) is 3.88. The van der Waals surface area contributed by atoms with E-state index in [9.17, 15) is 4.79 Å². The van der Waals surface area contributed by atoms with Crippen molar-refractivity contribution in [2.75, 3.05) is 13.6 Å². The normalized spacial score (nSPS) is 11.1. The van der Waals surface area contributed by atoms with E-state index < -0.39 is 5.91 Å². The van der Waals surface area contributed by atoms with Gasteiger partial charge >= 0.3 is 0 Å². The van der Waals surface area contributed by atoms with Crippen molar-refractivity contribution < 1.29 is 14.4 Å². The molecule has 0 aromatic carbocycles. The maximum Gasteiger partial charge on any atom is 0.279 e. The second-order valence-electron chi connectivity index (χ2n) is 2.90. The molecule has 0 radical (unpaired) electrons. The molecule has 0 atom stereocenters. The van der Waals surface area contributed by atoms with Crippen LogP contribution in [0, 0.1) is 0 Å². The zero-order chi connectivity index (χ0) is 11.3. The summed E-state index contributed by atoms with van der Waals surface area (Å²) in [5.74, 6) is -0.189. The van der Waals surface area contributed by atoms with E-state index in [0.717, 1.165) is 0 Å². The Bertz CT molecular complexity index is 368. The molecule has 0 aliphatic carbocycles. The second-order valence-corrected chi connectivity index (χ2v) is 2.90. The van der Waals surface area contributed by atoms with Crippen LogP contribution in [0.5, 0.6) is 0 Å². The van der Waals surface area contributed by atoms with Crippen LogP contribution in [0.25, 0.3) is 0 Å². The van der Waals surface area contributed by atoms with Gasteiger partial charge in [0.1, 0.15) is 0 Å². The minimum atomic E-state index is -0.424. The standard InChI is InChI=1S/C10H12N2O3/c1-3-6-12(2)10(13)9(11-14)8-5-4-7-15-8/h3-5,7,14H,1,6H2,2H3/b11-9-. The van der Waals surface area contributed by atoms with E-state index in [4.69, 9.17) is 9.62 Å². The molecule has 1 aromatic rings. The Morgan fingerprint density at radius 3 is 3.00 bits per heavy atom. The molecule has 5 nitrogen and oxygen atoms in total. The quantitative estimate of drug-likeness (QED) is 0.349. The van der Waals surface area contributed by atoms with E-state index in [-0.39, 0.29) is 11.5 Å². The zero-order valence-electron chi connectivity index (χ0n) is 8.38. The van der Waals surface area contributed by atoms with E-state index in [2.05, 4.69) is 11.7 Å². The summed E-state index contributed by atoms with van der Waals surface area (Å²) in [4.78, 5) is 13.1. The van der Waals surface area contributed by atoms with E-state index in [0.29, 0.717) is 6.54 Å². The fraction of sp³-hybridized carbons (Fsp3) is 0.200. The first kappa shape index (κ1) is 11.0. The Balaban J connectivity index is 2.86. The fourth-order valence-corrected chi connectivity index (χ4v) is 1.07. The third kappa shape index (κ3) is 2.46. The largest absolute Gasteiger partial charge is 0.462 e. The van der Waals surface area contributed by atoms with Crippen LogP contribution in [0.4, 0.5) is 0 Å². The summed E-state index contributed by atoms with van der Waals surface area (Å²) >= 11 is 0. The SMILES string of the molecule is C=CCN(C)C(=O)/C(=N\O)c1ccco1. The molecule has 80 valence electrons. The predicted molar refractivity (Wildman–Crippen MR) is 54.9 cm³/mol. The number of carbonyl (C=O) groups excluding carboxylic acids is 1. The van der Waals surface area contributed by atoms with Crippen molar-refractivity contribution in [2.45, 2.75) is 0 Å². The minimum Gasteiger partial charge on any atom is -0.462 e. The average Bonchev–Trinajstić information content (AvgIpc) is 2.72. The van der Waals surface area contributed by atoms with Gasteiger partial charge in [0, 0.05) is 13.6 Å². The van der Waals surface area contributed by atoms with Crippen LogP contribution in [-0.4, -0.2) is 35.3 Å². The van der Waals surface area contributed by atoms with Gasteiger partial charge in [0.05, 0.1) is 6.26 Å². The van der Waals surface area contributed by atoms with Crippen LogP contribution in [0.15, 0.2) is 40.6 Å². The molecule has 0 bridgehead atoms. The van der Waals surface area contributed by atoms with Gasteiger partial charge in [-0.3, -0.25) is 4.79 Å². The van der Waals surface area contributed by atoms with Gasteiger partial charge in [-0.15, -0.1) is 6.58 Å². The lowest BCUT2D eigenvalue weighted by molar-refractivity contribution is -0.122. The highest BCUT2D eigenvalue weighted by molar-refractivity contribution is 6.44. The van der Waals surface area contributed by atoms with Crippen molar-refractivity contribution in [3.05, 3.63) is 36.8 Å². The van der Waals surface area contributed by atoms with Gasteiger partial charge in [-0.25, -0.2) is 0 Å². The number of hydrogen-bond donors (Lipinski definition) is 1. The van der Waals surface area contributed by atoms with Crippen molar-refractivity contribution in [3.63, 3.8) is 0 Å². The minimum absolute atomic E-state index is 0.121. The number of hydrogen-bond acceptors (Lipinski definition) is 4. The number of amides is 1. The Labute approximate surface area is 87.3 Å². The molecule has 0 saturated carbocycles. The number of rotatable bonds is 4. The average molecular weight is 208 g/mol. The number of nitrogens with zero attached hydrogens (tertiary/aromatic N) is 2. The molecule has 1 heterocycles. The van der Waals surface area contributed by atoms with Crippen molar-refractivity contribution in [3.8, 4) is 0 Å². The van der Waals surface area contributed by atoms with Crippen LogP contribution < -0.4 is 0 Å². The van der Waals surface area contributed by atoms with Gasteiger partial charge < -0.3 is 14.5 Å². The van der Waals surface area contributed by atoms with Gasteiger partial charge in [0.15, 0.2) is 5.76 Å².